The van der Waals surface area contributed by atoms with E-state index < -0.39 is 0 Å². The van der Waals surface area contributed by atoms with Crippen molar-refractivity contribution in [2.75, 3.05) is 11.9 Å². The molecule has 0 spiro atoms. The van der Waals surface area contributed by atoms with Crippen LogP contribution in [-0.2, 0) is 11.8 Å². The first-order chi connectivity index (χ1) is 11.6. The number of carbonyl (C=O) groups is 2. The second kappa shape index (κ2) is 7.05. The molecule has 3 heterocycles. The van der Waals surface area contributed by atoms with Gasteiger partial charge >= 0.3 is 0 Å². The minimum Gasteiger partial charge on any atom is -0.343 e. The number of hydrogen-bond acceptors (Lipinski definition) is 5. The molecule has 0 aromatic carbocycles. The van der Waals surface area contributed by atoms with Crippen molar-refractivity contribution < 1.29 is 9.59 Å². The lowest BCUT2D eigenvalue weighted by atomic mass is 10.2. The van der Waals surface area contributed by atoms with Gasteiger partial charge in [-0.25, -0.2) is 0 Å². The predicted octanol–water partition coefficient (Wildman–Crippen LogP) is 1.91. The molecular formula is C16H15N5O2S. The molecule has 0 aliphatic heterocycles. The fraction of sp³-hybridized carbons (Fsp3) is 0.125. The Bertz CT molecular complexity index is 843. The molecule has 0 atom stereocenters. The van der Waals surface area contributed by atoms with Gasteiger partial charge in [-0.2, -0.15) is 5.10 Å². The van der Waals surface area contributed by atoms with Crippen molar-refractivity contribution in [3.63, 3.8) is 0 Å². The quantitative estimate of drug-likeness (QED) is 0.742. The zero-order valence-corrected chi connectivity index (χ0v) is 13.7. The molecule has 2 amide bonds. The molecule has 3 aromatic heterocycles. The number of nitrogens with zero attached hydrogens (tertiary/aromatic N) is 3. The van der Waals surface area contributed by atoms with E-state index in [0.29, 0.717) is 16.9 Å². The maximum Gasteiger partial charge on any atom is 0.255 e. The van der Waals surface area contributed by atoms with Gasteiger partial charge in [-0.3, -0.25) is 19.3 Å². The number of carbonyl (C=O) groups excluding carboxylic acids is 2. The summed E-state index contributed by atoms with van der Waals surface area (Å²) in [6.45, 7) is -0.132. The SMILES string of the molecule is Cn1cc(C(=O)NCC(=O)Nc2cccnc2)c(-c2cccs2)n1. The molecule has 0 aliphatic carbocycles. The summed E-state index contributed by atoms with van der Waals surface area (Å²) in [5.74, 6) is -0.661. The monoisotopic (exact) mass is 341 g/mol. The molecule has 3 aromatic rings. The molecule has 0 saturated carbocycles. The average Bonchev–Trinajstić information content (AvgIpc) is 3.22. The maximum absolute atomic E-state index is 12.4. The summed E-state index contributed by atoms with van der Waals surface area (Å²) in [5.41, 5.74) is 1.63. The van der Waals surface area contributed by atoms with Crippen LogP contribution in [-0.4, -0.2) is 33.1 Å². The lowest BCUT2D eigenvalue weighted by molar-refractivity contribution is -0.115. The third kappa shape index (κ3) is 3.66. The summed E-state index contributed by atoms with van der Waals surface area (Å²) in [6.07, 6.45) is 4.80. The Kier molecular flexibility index (Phi) is 4.66. The number of amides is 2. The topological polar surface area (TPSA) is 88.9 Å². The number of nitrogens with one attached hydrogen (secondary N) is 2. The third-order valence-corrected chi connectivity index (χ3v) is 4.06. The van der Waals surface area contributed by atoms with Crippen LogP contribution in [0.5, 0.6) is 0 Å². The normalized spacial score (nSPS) is 10.4. The molecule has 7 nitrogen and oxygen atoms in total. The van der Waals surface area contributed by atoms with Crippen LogP contribution in [0.2, 0.25) is 0 Å². The Morgan fingerprint density at radius 1 is 1.29 bits per heavy atom. The zero-order valence-electron chi connectivity index (χ0n) is 12.9. The highest BCUT2D eigenvalue weighted by atomic mass is 32.1. The summed E-state index contributed by atoms with van der Waals surface area (Å²) < 4.78 is 1.58. The van der Waals surface area contributed by atoms with Crippen LogP contribution in [0.4, 0.5) is 5.69 Å². The van der Waals surface area contributed by atoms with Crippen LogP contribution in [0.1, 0.15) is 10.4 Å². The van der Waals surface area contributed by atoms with E-state index in [1.807, 2.05) is 17.5 Å². The Hall–Kier alpha value is -3.00. The molecule has 2 N–H and O–H groups in total. The molecule has 0 fully saturated rings. The van der Waals surface area contributed by atoms with Crippen molar-refractivity contribution in [3.8, 4) is 10.6 Å². The van der Waals surface area contributed by atoms with Gasteiger partial charge in [0.2, 0.25) is 5.91 Å². The summed E-state index contributed by atoms with van der Waals surface area (Å²) in [7, 11) is 1.75. The zero-order chi connectivity index (χ0) is 16.9. The fourth-order valence-corrected chi connectivity index (χ4v) is 2.87. The number of hydrogen-bond donors (Lipinski definition) is 2. The minimum atomic E-state index is -0.340. The van der Waals surface area contributed by atoms with Crippen LogP contribution in [0.15, 0.2) is 48.2 Å². The number of aromatic nitrogens is 3. The molecule has 0 bridgehead atoms. The van der Waals surface area contributed by atoms with Crippen LogP contribution in [0, 0.1) is 0 Å². The van der Waals surface area contributed by atoms with Crippen molar-refractivity contribution in [1.29, 1.82) is 0 Å². The van der Waals surface area contributed by atoms with Crippen LogP contribution < -0.4 is 10.6 Å². The average molecular weight is 341 g/mol. The van der Waals surface area contributed by atoms with E-state index in [4.69, 9.17) is 0 Å². The predicted molar refractivity (Wildman–Crippen MR) is 91.7 cm³/mol. The van der Waals surface area contributed by atoms with Crippen LogP contribution >= 0.6 is 11.3 Å². The van der Waals surface area contributed by atoms with Gasteiger partial charge in [-0.15, -0.1) is 11.3 Å². The largest absolute Gasteiger partial charge is 0.343 e. The van der Waals surface area contributed by atoms with E-state index in [1.165, 1.54) is 17.5 Å². The molecule has 0 unspecified atom stereocenters. The van der Waals surface area contributed by atoms with Gasteiger partial charge in [-0.1, -0.05) is 6.07 Å². The van der Waals surface area contributed by atoms with Gasteiger partial charge in [0.15, 0.2) is 0 Å². The molecule has 0 saturated heterocycles. The smallest absolute Gasteiger partial charge is 0.255 e. The first kappa shape index (κ1) is 15.9. The van der Waals surface area contributed by atoms with Gasteiger partial charge < -0.3 is 10.6 Å². The van der Waals surface area contributed by atoms with Gasteiger partial charge in [0.1, 0.15) is 5.69 Å². The summed E-state index contributed by atoms with van der Waals surface area (Å²) in [5, 5.41) is 11.5. The van der Waals surface area contributed by atoms with E-state index in [0.717, 1.165) is 4.88 Å². The fourth-order valence-electron chi connectivity index (χ4n) is 2.15. The van der Waals surface area contributed by atoms with Crippen molar-refractivity contribution in [2.45, 2.75) is 0 Å². The lowest BCUT2D eigenvalue weighted by Gasteiger charge is -2.06. The van der Waals surface area contributed by atoms with Crippen molar-refractivity contribution in [2.24, 2.45) is 7.05 Å². The highest BCUT2D eigenvalue weighted by molar-refractivity contribution is 7.13. The molecule has 0 aliphatic rings. The van der Waals surface area contributed by atoms with Crippen LogP contribution in [0.25, 0.3) is 10.6 Å². The van der Waals surface area contributed by atoms with Crippen molar-refractivity contribution in [1.82, 2.24) is 20.1 Å². The van der Waals surface area contributed by atoms with E-state index in [2.05, 4.69) is 20.7 Å². The molecular weight excluding hydrogens is 326 g/mol. The number of anilines is 1. The molecule has 24 heavy (non-hydrogen) atoms. The van der Waals surface area contributed by atoms with Crippen LogP contribution in [0.3, 0.4) is 0 Å². The highest BCUT2D eigenvalue weighted by Gasteiger charge is 2.18. The summed E-state index contributed by atoms with van der Waals surface area (Å²) in [4.78, 5) is 29.1. The maximum atomic E-state index is 12.4. The first-order valence-corrected chi connectivity index (χ1v) is 8.07. The minimum absolute atomic E-state index is 0.132. The van der Waals surface area contributed by atoms with Gasteiger partial charge in [0, 0.05) is 19.4 Å². The Labute approximate surface area is 142 Å². The highest BCUT2D eigenvalue weighted by Crippen LogP contribution is 2.26. The number of thiophene rings is 1. The number of aryl methyl sites for hydroxylation is 1. The van der Waals surface area contributed by atoms with Crippen molar-refractivity contribution in [3.05, 3.63) is 53.8 Å². The Morgan fingerprint density at radius 3 is 2.88 bits per heavy atom. The second-order valence-electron chi connectivity index (χ2n) is 5.01. The molecule has 8 heteroatoms. The number of pyridine rings is 1. The van der Waals surface area contributed by atoms with E-state index in [1.54, 1.807) is 36.3 Å². The van der Waals surface area contributed by atoms with Gasteiger partial charge in [0.25, 0.3) is 5.91 Å². The molecule has 0 radical (unpaired) electrons. The lowest BCUT2D eigenvalue weighted by Crippen LogP contribution is -2.32. The molecule has 3 rings (SSSR count). The Morgan fingerprint density at radius 2 is 2.17 bits per heavy atom. The van der Waals surface area contributed by atoms with E-state index in [9.17, 15) is 9.59 Å². The second-order valence-corrected chi connectivity index (χ2v) is 5.96. The summed E-state index contributed by atoms with van der Waals surface area (Å²) in [6, 6.07) is 7.25. The Balaban J connectivity index is 1.64. The third-order valence-electron chi connectivity index (χ3n) is 3.18. The first-order valence-electron chi connectivity index (χ1n) is 7.19. The van der Waals surface area contributed by atoms with E-state index >= 15 is 0 Å². The molecule has 122 valence electrons. The van der Waals surface area contributed by atoms with Gasteiger partial charge in [0.05, 0.1) is 28.9 Å². The van der Waals surface area contributed by atoms with E-state index in [-0.39, 0.29) is 18.4 Å². The number of rotatable bonds is 5. The summed E-state index contributed by atoms with van der Waals surface area (Å²) >= 11 is 1.51. The standard InChI is InChI=1S/C16H15N5O2S/c1-21-10-12(15(20-21)13-5-3-7-24-13)16(23)18-9-14(22)19-11-4-2-6-17-8-11/h2-8,10H,9H2,1H3,(H,18,23)(H,19,22). The van der Waals surface area contributed by atoms with Crippen molar-refractivity contribution >= 4 is 28.8 Å². The van der Waals surface area contributed by atoms with Gasteiger partial charge in [-0.05, 0) is 23.6 Å².